The average Bonchev–Trinajstić information content (AvgIpc) is 2.22. The number of ether oxygens (including phenoxy) is 2. The molecule has 0 amide bonds. The summed E-state index contributed by atoms with van der Waals surface area (Å²) < 4.78 is 10.2. The van der Waals surface area contributed by atoms with Crippen LogP contribution >= 0.6 is 0 Å². The van der Waals surface area contributed by atoms with Crippen molar-refractivity contribution in [2.24, 2.45) is 0 Å². The van der Waals surface area contributed by atoms with E-state index in [1.165, 1.54) is 0 Å². The van der Waals surface area contributed by atoms with Crippen molar-refractivity contribution >= 4 is 5.97 Å². The van der Waals surface area contributed by atoms with Crippen LogP contribution in [0.1, 0.15) is 6.42 Å². The molecule has 0 spiro atoms. The molecule has 5 nitrogen and oxygen atoms in total. The Hall–Kier alpha value is -1.09. The van der Waals surface area contributed by atoms with E-state index in [-0.39, 0.29) is 6.54 Å². The molecule has 0 unspecified atom stereocenters. The van der Waals surface area contributed by atoms with Crippen molar-refractivity contribution in [2.75, 3.05) is 46.6 Å². The minimum Gasteiger partial charge on any atom is -0.480 e. The van der Waals surface area contributed by atoms with Crippen LogP contribution in [0.2, 0.25) is 0 Å². The lowest BCUT2D eigenvalue weighted by atomic mass is 10.4. The van der Waals surface area contributed by atoms with Crippen molar-refractivity contribution in [2.45, 2.75) is 6.42 Å². The maximum atomic E-state index is 10.5. The Kier molecular flexibility index (Phi) is 9.72. The Balaban J connectivity index is 3.52. The zero-order valence-corrected chi connectivity index (χ0v) is 9.65. The summed E-state index contributed by atoms with van der Waals surface area (Å²) in [6.07, 6.45) is 5.97. The highest BCUT2D eigenvalue weighted by Crippen LogP contribution is 1.89. The summed E-state index contributed by atoms with van der Waals surface area (Å²) in [4.78, 5) is 12.1. The standard InChI is InChI=1S/C11H19NO4/c1-3-5-12(10-11(13)14)6-9-16-8-4-7-15-2/h1H,4-10H2,2H3,(H,13,14). The molecule has 0 aliphatic heterocycles. The molecule has 0 heterocycles. The maximum Gasteiger partial charge on any atom is 0.317 e. The summed E-state index contributed by atoms with van der Waals surface area (Å²) in [6, 6.07) is 0. The summed E-state index contributed by atoms with van der Waals surface area (Å²) >= 11 is 0. The lowest BCUT2D eigenvalue weighted by Gasteiger charge is -2.16. The normalized spacial score (nSPS) is 10.3. The van der Waals surface area contributed by atoms with Gasteiger partial charge >= 0.3 is 5.97 Å². The van der Waals surface area contributed by atoms with Gasteiger partial charge < -0.3 is 14.6 Å². The van der Waals surface area contributed by atoms with Crippen LogP contribution in [0.3, 0.4) is 0 Å². The van der Waals surface area contributed by atoms with Gasteiger partial charge in [-0.15, -0.1) is 6.42 Å². The molecule has 0 bridgehead atoms. The minimum atomic E-state index is -0.880. The molecule has 1 N–H and O–H groups in total. The molecule has 5 heteroatoms. The number of terminal acetylenes is 1. The van der Waals surface area contributed by atoms with Crippen LogP contribution in [0.5, 0.6) is 0 Å². The van der Waals surface area contributed by atoms with Gasteiger partial charge in [0.25, 0.3) is 0 Å². The van der Waals surface area contributed by atoms with E-state index in [9.17, 15) is 4.79 Å². The smallest absolute Gasteiger partial charge is 0.317 e. The molecule has 0 rings (SSSR count). The van der Waals surface area contributed by atoms with Gasteiger partial charge in [-0.1, -0.05) is 5.92 Å². The minimum absolute atomic E-state index is 0.0500. The zero-order valence-electron chi connectivity index (χ0n) is 9.65. The fourth-order valence-corrected chi connectivity index (χ4v) is 1.14. The van der Waals surface area contributed by atoms with E-state index in [4.69, 9.17) is 21.0 Å². The highest BCUT2D eigenvalue weighted by Gasteiger charge is 2.07. The second-order valence-corrected chi connectivity index (χ2v) is 3.27. The summed E-state index contributed by atoms with van der Waals surface area (Å²) in [6.45, 7) is 2.58. The monoisotopic (exact) mass is 229 g/mol. The van der Waals surface area contributed by atoms with Gasteiger partial charge in [-0.3, -0.25) is 9.69 Å². The number of carboxylic acids is 1. The highest BCUT2D eigenvalue weighted by atomic mass is 16.5. The van der Waals surface area contributed by atoms with E-state index >= 15 is 0 Å². The van der Waals surface area contributed by atoms with Gasteiger partial charge in [0.1, 0.15) is 0 Å². The Bertz CT molecular complexity index is 225. The largest absolute Gasteiger partial charge is 0.480 e. The summed E-state index contributed by atoms with van der Waals surface area (Å²) in [5.74, 6) is 1.54. The molecule has 0 aromatic heterocycles. The first-order valence-corrected chi connectivity index (χ1v) is 5.15. The third-order valence-corrected chi connectivity index (χ3v) is 1.86. The van der Waals surface area contributed by atoms with E-state index in [0.29, 0.717) is 32.9 Å². The average molecular weight is 229 g/mol. The molecule has 0 radical (unpaired) electrons. The molecule has 0 aliphatic rings. The molecular weight excluding hydrogens is 210 g/mol. The SMILES string of the molecule is C#CCN(CCOCCCOC)CC(=O)O. The molecule has 0 atom stereocenters. The van der Waals surface area contributed by atoms with E-state index in [0.717, 1.165) is 6.42 Å². The Morgan fingerprint density at radius 2 is 2.19 bits per heavy atom. The molecule has 16 heavy (non-hydrogen) atoms. The molecule has 0 aliphatic carbocycles. The number of hydrogen-bond acceptors (Lipinski definition) is 4. The molecule has 0 saturated heterocycles. The first kappa shape index (κ1) is 14.9. The summed E-state index contributed by atoms with van der Waals surface area (Å²) in [5.41, 5.74) is 0. The molecule has 0 saturated carbocycles. The number of hydrogen-bond donors (Lipinski definition) is 1. The number of carbonyl (C=O) groups is 1. The van der Waals surface area contributed by atoms with E-state index in [2.05, 4.69) is 5.92 Å². The van der Waals surface area contributed by atoms with Gasteiger partial charge in [0.05, 0.1) is 19.7 Å². The van der Waals surface area contributed by atoms with Crippen molar-refractivity contribution in [3.63, 3.8) is 0 Å². The van der Waals surface area contributed by atoms with Crippen molar-refractivity contribution in [1.82, 2.24) is 4.90 Å². The van der Waals surface area contributed by atoms with Crippen LogP contribution in [0.4, 0.5) is 0 Å². The van der Waals surface area contributed by atoms with Crippen molar-refractivity contribution < 1.29 is 19.4 Å². The quantitative estimate of drug-likeness (QED) is 0.424. The molecular formula is C11H19NO4. The van der Waals surface area contributed by atoms with Gasteiger partial charge in [0.15, 0.2) is 0 Å². The van der Waals surface area contributed by atoms with Gasteiger partial charge in [0.2, 0.25) is 0 Å². The van der Waals surface area contributed by atoms with E-state index < -0.39 is 5.97 Å². The third kappa shape index (κ3) is 9.46. The predicted molar refractivity (Wildman–Crippen MR) is 60.2 cm³/mol. The van der Waals surface area contributed by atoms with Gasteiger partial charge in [-0.2, -0.15) is 0 Å². The fraction of sp³-hybridized carbons (Fsp3) is 0.727. The van der Waals surface area contributed by atoms with Crippen molar-refractivity contribution in [3.8, 4) is 12.3 Å². The number of rotatable bonds is 10. The summed E-state index contributed by atoms with van der Waals surface area (Å²) in [7, 11) is 1.64. The maximum absolute atomic E-state index is 10.5. The van der Waals surface area contributed by atoms with Crippen LogP contribution in [0, 0.1) is 12.3 Å². The fourth-order valence-electron chi connectivity index (χ4n) is 1.14. The number of nitrogens with zero attached hydrogens (tertiary/aromatic N) is 1. The molecule has 0 fully saturated rings. The van der Waals surface area contributed by atoms with Crippen molar-refractivity contribution in [3.05, 3.63) is 0 Å². The predicted octanol–water partition coefficient (Wildman–Crippen LogP) is 0.0593. The molecule has 0 aromatic carbocycles. The number of methoxy groups -OCH3 is 1. The van der Waals surface area contributed by atoms with Crippen LogP contribution in [-0.4, -0.2) is 62.5 Å². The Morgan fingerprint density at radius 3 is 2.75 bits per heavy atom. The Morgan fingerprint density at radius 1 is 1.44 bits per heavy atom. The van der Waals surface area contributed by atoms with E-state index in [1.807, 2.05) is 0 Å². The van der Waals surface area contributed by atoms with Crippen LogP contribution in [0.15, 0.2) is 0 Å². The molecule has 92 valence electrons. The Labute approximate surface area is 96.3 Å². The van der Waals surface area contributed by atoms with Gasteiger partial charge in [-0.25, -0.2) is 0 Å². The molecule has 0 aromatic rings. The van der Waals surface area contributed by atoms with Crippen LogP contribution in [-0.2, 0) is 14.3 Å². The van der Waals surface area contributed by atoms with Crippen LogP contribution in [0.25, 0.3) is 0 Å². The highest BCUT2D eigenvalue weighted by molar-refractivity contribution is 5.69. The second kappa shape index (κ2) is 10.4. The summed E-state index contributed by atoms with van der Waals surface area (Å²) in [5, 5.41) is 8.62. The lowest BCUT2D eigenvalue weighted by molar-refractivity contribution is -0.138. The first-order valence-electron chi connectivity index (χ1n) is 5.15. The van der Waals surface area contributed by atoms with Gasteiger partial charge in [0, 0.05) is 26.9 Å². The first-order chi connectivity index (χ1) is 7.70. The topological polar surface area (TPSA) is 59.0 Å². The van der Waals surface area contributed by atoms with Crippen molar-refractivity contribution in [1.29, 1.82) is 0 Å². The second-order valence-electron chi connectivity index (χ2n) is 3.27. The number of aliphatic carboxylic acids is 1. The number of carboxylic acid groups (broad SMARTS) is 1. The van der Waals surface area contributed by atoms with E-state index in [1.54, 1.807) is 12.0 Å². The third-order valence-electron chi connectivity index (χ3n) is 1.86. The van der Waals surface area contributed by atoms with Gasteiger partial charge in [-0.05, 0) is 6.42 Å². The zero-order chi connectivity index (χ0) is 12.2. The lowest BCUT2D eigenvalue weighted by Crippen LogP contribution is -2.33. The van der Waals surface area contributed by atoms with Crippen LogP contribution < -0.4 is 0 Å².